The van der Waals surface area contributed by atoms with Gasteiger partial charge in [0, 0.05) is 11.0 Å². The quantitative estimate of drug-likeness (QED) is 0.747. The molecule has 0 unspecified atom stereocenters. The van der Waals surface area contributed by atoms with Gasteiger partial charge in [-0.1, -0.05) is 20.8 Å². The maximum absolute atomic E-state index is 12.2. The number of ketones is 1. The summed E-state index contributed by atoms with van der Waals surface area (Å²) in [6.07, 6.45) is 0. The second-order valence-electron chi connectivity index (χ2n) is 5.11. The zero-order valence-corrected chi connectivity index (χ0v) is 11.9. The van der Waals surface area contributed by atoms with E-state index in [2.05, 4.69) is 0 Å². The lowest BCUT2D eigenvalue weighted by atomic mass is 9.86. The predicted molar refractivity (Wildman–Crippen MR) is 72.6 cm³/mol. The Labute approximate surface area is 109 Å². The number of carbonyl (C=O) groups is 1. The summed E-state index contributed by atoms with van der Waals surface area (Å²) in [7, 11) is 0. The van der Waals surface area contributed by atoms with Crippen LogP contribution < -0.4 is 9.47 Å². The molecular formula is C15H22O3. The highest BCUT2D eigenvalue weighted by Crippen LogP contribution is 2.31. The van der Waals surface area contributed by atoms with Crippen LogP contribution in [0.3, 0.4) is 0 Å². The molecule has 0 saturated heterocycles. The Bertz CT molecular complexity index is 416. The van der Waals surface area contributed by atoms with Gasteiger partial charge in [-0.25, -0.2) is 0 Å². The molecule has 0 saturated carbocycles. The maximum Gasteiger partial charge on any atom is 0.168 e. The van der Waals surface area contributed by atoms with Gasteiger partial charge in [-0.05, 0) is 32.0 Å². The molecular weight excluding hydrogens is 228 g/mol. The third-order valence-electron chi connectivity index (χ3n) is 2.49. The number of benzene rings is 1. The van der Waals surface area contributed by atoms with Gasteiger partial charge in [-0.3, -0.25) is 4.79 Å². The van der Waals surface area contributed by atoms with Crippen molar-refractivity contribution in [1.29, 1.82) is 0 Å². The molecule has 3 heteroatoms. The minimum absolute atomic E-state index is 0.103. The van der Waals surface area contributed by atoms with Crippen LogP contribution in [0, 0.1) is 5.41 Å². The molecule has 1 aromatic carbocycles. The summed E-state index contributed by atoms with van der Waals surface area (Å²) in [5, 5.41) is 0. The number of carbonyl (C=O) groups excluding carboxylic acids is 1. The van der Waals surface area contributed by atoms with Crippen molar-refractivity contribution < 1.29 is 14.3 Å². The van der Waals surface area contributed by atoms with Crippen molar-refractivity contribution in [2.45, 2.75) is 34.6 Å². The van der Waals surface area contributed by atoms with E-state index in [9.17, 15) is 4.79 Å². The van der Waals surface area contributed by atoms with Crippen LogP contribution in [0.5, 0.6) is 11.5 Å². The molecule has 18 heavy (non-hydrogen) atoms. The average molecular weight is 250 g/mol. The second kappa shape index (κ2) is 5.89. The van der Waals surface area contributed by atoms with Gasteiger partial charge >= 0.3 is 0 Å². The van der Waals surface area contributed by atoms with Gasteiger partial charge in [0.15, 0.2) is 17.3 Å². The SMILES string of the molecule is CCOc1ccc(C(=O)C(C)(C)C)cc1OCC. The van der Waals surface area contributed by atoms with Crippen LogP contribution in [0.25, 0.3) is 0 Å². The Morgan fingerprint density at radius 2 is 1.61 bits per heavy atom. The summed E-state index contributed by atoms with van der Waals surface area (Å²) in [6.45, 7) is 10.7. The molecule has 0 aliphatic heterocycles. The summed E-state index contributed by atoms with van der Waals surface area (Å²) >= 11 is 0. The minimum atomic E-state index is -0.392. The van der Waals surface area contributed by atoms with Crippen molar-refractivity contribution >= 4 is 5.78 Å². The van der Waals surface area contributed by atoms with E-state index in [1.54, 1.807) is 18.2 Å². The van der Waals surface area contributed by atoms with Crippen LogP contribution in [-0.4, -0.2) is 19.0 Å². The highest BCUT2D eigenvalue weighted by atomic mass is 16.5. The first-order chi connectivity index (χ1) is 8.40. The highest BCUT2D eigenvalue weighted by Gasteiger charge is 2.23. The molecule has 0 atom stereocenters. The van der Waals surface area contributed by atoms with E-state index in [1.165, 1.54) is 0 Å². The Balaban J connectivity index is 3.10. The molecule has 0 heterocycles. The number of hydrogen-bond acceptors (Lipinski definition) is 3. The molecule has 0 bridgehead atoms. The van der Waals surface area contributed by atoms with Crippen molar-refractivity contribution in [2.75, 3.05) is 13.2 Å². The minimum Gasteiger partial charge on any atom is -0.490 e. The van der Waals surface area contributed by atoms with Crippen LogP contribution in [-0.2, 0) is 0 Å². The first kappa shape index (κ1) is 14.6. The molecule has 0 N–H and O–H groups in total. The number of hydrogen-bond donors (Lipinski definition) is 0. The lowest BCUT2D eigenvalue weighted by Crippen LogP contribution is -2.20. The van der Waals surface area contributed by atoms with Gasteiger partial charge in [-0.15, -0.1) is 0 Å². The molecule has 0 aliphatic carbocycles. The predicted octanol–water partition coefficient (Wildman–Crippen LogP) is 3.71. The lowest BCUT2D eigenvalue weighted by molar-refractivity contribution is 0.0858. The van der Waals surface area contributed by atoms with E-state index >= 15 is 0 Å². The van der Waals surface area contributed by atoms with Gasteiger partial charge in [0.05, 0.1) is 13.2 Å². The molecule has 0 spiro atoms. The summed E-state index contributed by atoms with van der Waals surface area (Å²) < 4.78 is 11.0. The molecule has 1 aromatic rings. The van der Waals surface area contributed by atoms with Crippen LogP contribution in [0.15, 0.2) is 18.2 Å². The molecule has 1 rings (SSSR count). The van der Waals surface area contributed by atoms with Crippen LogP contribution in [0.1, 0.15) is 45.0 Å². The van der Waals surface area contributed by atoms with Gasteiger partial charge in [-0.2, -0.15) is 0 Å². The topological polar surface area (TPSA) is 35.5 Å². The molecule has 100 valence electrons. The molecule has 0 amide bonds. The maximum atomic E-state index is 12.2. The third-order valence-corrected chi connectivity index (χ3v) is 2.49. The van der Waals surface area contributed by atoms with Crippen molar-refractivity contribution in [3.63, 3.8) is 0 Å². The molecule has 0 aliphatic rings. The monoisotopic (exact) mass is 250 g/mol. The van der Waals surface area contributed by atoms with Crippen molar-refractivity contribution in [3.8, 4) is 11.5 Å². The Morgan fingerprint density at radius 3 is 2.11 bits per heavy atom. The lowest BCUT2D eigenvalue weighted by Gasteiger charge is -2.18. The van der Waals surface area contributed by atoms with Gasteiger partial charge in [0.2, 0.25) is 0 Å². The van der Waals surface area contributed by atoms with Crippen molar-refractivity contribution in [2.24, 2.45) is 5.41 Å². The van der Waals surface area contributed by atoms with E-state index in [-0.39, 0.29) is 5.78 Å². The van der Waals surface area contributed by atoms with E-state index < -0.39 is 5.41 Å². The van der Waals surface area contributed by atoms with E-state index in [0.717, 1.165) is 0 Å². The fourth-order valence-corrected chi connectivity index (χ4v) is 1.63. The van der Waals surface area contributed by atoms with E-state index in [0.29, 0.717) is 30.3 Å². The van der Waals surface area contributed by atoms with Gasteiger partial charge in [0.1, 0.15) is 0 Å². The van der Waals surface area contributed by atoms with Crippen LogP contribution in [0.2, 0.25) is 0 Å². The normalized spacial score (nSPS) is 11.2. The van der Waals surface area contributed by atoms with Gasteiger partial charge < -0.3 is 9.47 Å². The third kappa shape index (κ3) is 3.49. The first-order valence-electron chi connectivity index (χ1n) is 6.34. The highest BCUT2D eigenvalue weighted by molar-refractivity contribution is 6.00. The summed E-state index contributed by atoms with van der Waals surface area (Å²) in [4.78, 5) is 12.2. The molecule has 0 radical (unpaired) electrons. The standard InChI is InChI=1S/C15H22O3/c1-6-17-12-9-8-11(10-13(12)18-7-2)14(16)15(3,4)5/h8-10H,6-7H2,1-5H3. The smallest absolute Gasteiger partial charge is 0.168 e. The molecule has 0 fully saturated rings. The number of ether oxygens (including phenoxy) is 2. The summed E-state index contributed by atoms with van der Waals surface area (Å²) in [6, 6.07) is 5.36. The van der Waals surface area contributed by atoms with Crippen molar-refractivity contribution in [3.05, 3.63) is 23.8 Å². The van der Waals surface area contributed by atoms with E-state index in [4.69, 9.17) is 9.47 Å². The van der Waals surface area contributed by atoms with Crippen LogP contribution in [0.4, 0.5) is 0 Å². The summed E-state index contributed by atoms with van der Waals surface area (Å²) in [5.74, 6) is 1.42. The zero-order valence-electron chi connectivity index (χ0n) is 11.9. The Kier molecular flexibility index (Phi) is 4.76. The van der Waals surface area contributed by atoms with Crippen molar-refractivity contribution in [1.82, 2.24) is 0 Å². The number of rotatable bonds is 5. The van der Waals surface area contributed by atoms with Crippen LogP contribution >= 0.6 is 0 Å². The Hall–Kier alpha value is -1.51. The first-order valence-corrected chi connectivity index (χ1v) is 6.34. The fourth-order valence-electron chi connectivity index (χ4n) is 1.63. The van der Waals surface area contributed by atoms with Gasteiger partial charge in [0.25, 0.3) is 0 Å². The largest absolute Gasteiger partial charge is 0.490 e. The second-order valence-corrected chi connectivity index (χ2v) is 5.11. The number of Topliss-reactive ketones (excluding diaryl/α,β-unsaturated/α-hetero) is 1. The van der Waals surface area contributed by atoms with E-state index in [1.807, 2.05) is 34.6 Å². The molecule has 0 aromatic heterocycles. The Morgan fingerprint density at radius 1 is 1.06 bits per heavy atom. The zero-order chi connectivity index (χ0) is 13.8. The average Bonchev–Trinajstić information content (AvgIpc) is 2.30. The fraction of sp³-hybridized carbons (Fsp3) is 0.533. The molecule has 3 nitrogen and oxygen atoms in total. The summed E-state index contributed by atoms with van der Waals surface area (Å²) in [5.41, 5.74) is 0.269.